The molecule has 3 aromatic rings. The van der Waals surface area contributed by atoms with Crippen LogP contribution in [0.5, 0.6) is 0 Å². The molecule has 0 radical (unpaired) electrons. The molecular formula is C21H18F3N5O4. The summed E-state index contributed by atoms with van der Waals surface area (Å²) in [6.07, 6.45) is -1.47. The summed E-state index contributed by atoms with van der Waals surface area (Å²) >= 11 is 0. The summed E-state index contributed by atoms with van der Waals surface area (Å²) in [5, 5.41) is 16.8. The third kappa shape index (κ3) is 5.53. The van der Waals surface area contributed by atoms with E-state index in [9.17, 15) is 32.9 Å². The number of carbonyl (C=O) groups is 2. The number of anilines is 1. The van der Waals surface area contributed by atoms with Gasteiger partial charge in [0.2, 0.25) is 5.78 Å². The zero-order valence-corrected chi connectivity index (χ0v) is 17.2. The summed E-state index contributed by atoms with van der Waals surface area (Å²) in [6, 6.07) is 7.69. The number of ketones is 1. The van der Waals surface area contributed by atoms with Gasteiger partial charge in [-0.25, -0.2) is 4.98 Å². The highest BCUT2D eigenvalue weighted by molar-refractivity contribution is 6.07. The van der Waals surface area contributed by atoms with E-state index in [2.05, 4.69) is 15.6 Å². The van der Waals surface area contributed by atoms with Crippen LogP contribution in [-0.4, -0.2) is 39.3 Å². The molecule has 0 aliphatic rings. The van der Waals surface area contributed by atoms with Crippen LogP contribution in [0.25, 0.3) is 0 Å². The van der Waals surface area contributed by atoms with E-state index in [-0.39, 0.29) is 41.4 Å². The van der Waals surface area contributed by atoms with Crippen LogP contribution in [0, 0.1) is 10.1 Å². The second-order valence-corrected chi connectivity index (χ2v) is 6.94. The van der Waals surface area contributed by atoms with Gasteiger partial charge in [-0.2, -0.15) is 13.2 Å². The smallest absolute Gasteiger partial charge is 0.378 e. The highest BCUT2D eigenvalue weighted by atomic mass is 19.4. The molecule has 0 saturated carbocycles. The van der Waals surface area contributed by atoms with Crippen molar-refractivity contribution in [3.05, 3.63) is 87.5 Å². The monoisotopic (exact) mass is 461 g/mol. The first-order valence-electron chi connectivity index (χ1n) is 9.57. The Morgan fingerprint density at radius 2 is 1.76 bits per heavy atom. The normalized spacial score (nSPS) is 11.2. The molecule has 2 aromatic carbocycles. The van der Waals surface area contributed by atoms with E-state index in [1.807, 2.05) is 0 Å². The number of nitro groups is 1. The minimum atomic E-state index is -4.49. The van der Waals surface area contributed by atoms with Gasteiger partial charge in [-0.15, -0.1) is 0 Å². The van der Waals surface area contributed by atoms with E-state index in [0.717, 1.165) is 30.3 Å². The van der Waals surface area contributed by atoms with E-state index in [4.69, 9.17) is 0 Å². The molecule has 1 aromatic heterocycles. The van der Waals surface area contributed by atoms with Crippen molar-refractivity contribution in [1.29, 1.82) is 0 Å². The quantitative estimate of drug-likeness (QED) is 0.230. The largest absolute Gasteiger partial charge is 0.416 e. The maximum Gasteiger partial charge on any atom is 0.416 e. The molecule has 2 N–H and O–H groups in total. The molecule has 0 saturated heterocycles. The summed E-state index contributed by atoms with van der Waals surface area (Å²) in [5.41, 5.74) is -0.912. The number of aromatic nitrogens is 2. The van der Waals surface area contributed by atoms with Gasteiger partial charge in [-0.3, -0.25) is 19.7 Å². The summed E-state index contributed by atoms with van der Waals surface area (Å²) < 4.78 is 39.3. The fourth-order valence-corrected chi connectivity index (χ4v) is 2.97. The maximum absolute atomic E-state index is 12.6. The molecule has 0 aliphatic carbocycles. The Kier molecular flexibility index (Phi) is 6.75. The number of alkyl halides is 3. The molecule has 33 heavy (non-hydrogen) atoms. The van der Waals surface area contributed by atoms with Crippen LogP contribution in [-0.2, 0) is 13.2 Å². The van der Waals surface area contributed by atoms with Crippen LogP contribution in [0.1, 0.15) is 32.1 Å². The van der Waals surface area contributed by atoms with Crippen molar-refractivity contribution in [3.63, 3.8) is 0 Å². The Balaban J connectivity index is 1.61. The van der Waals surface area contributed by atoms with Gasteiger partial charge in [-0.05, 0) is 36.4 Å². The molecule has 1 amide bonds. The van der Waals surface area contributed by atoms with Gasteiger partial charge in [0.15, 0.2) is 5.82 Å². The average Bonchev–Trinajstić information content (AvgIpc) is 3.21. The topological polar surface area (TPSA) is 119 Å². The number of nitrogens with zero attached hydrogens (tertiary/aromatic N) is 3. The fourth-order valence-electron chi connectivity index (χ4n) is 2.97. The van der Waals surface area contributed by atoms with Gasteiger partial charge in [0.1, 0.15) is 5.69 Å². The van der Waals surface area contributed by atoms with E-state index in [1.165, 1.54) is 22.9 Å². The van der Waals surface area contributed by atoms with Crippen LogP contribution < -0.4 is 10.6 Å². The van der Waals surface area contributed by atoms with Crippen LogP contribution in [0.2, 0.25) is 0 Å². The lowest BCUT2D eigenvalue weighted by molar-refractivity contribution is -0.384. The Morgan fingerprint density at radius 1 is 1.09 bits per heavy atom. The lowest BCUT2D eigenvalue weighted by atomic mass is 10.1. The van der Waals surface area contributed by atoms with Crippen LogP contribution in [0.15, 0.2) is 54.9 Å². The molecule has 0 fully saturated rings. The minimum absolute atomic E-state index is 0.0466. The molecule has 0 bridgehead atoms. The number of imidazole rings is 1. The van der Waals surface area contributed by atoms with Crippen molar-refractivity contribution >= 4 is 23.1 Å². The van der Waals surface area contributed by atoms with Gasteiger partial charge in [0.05, 0.1) is 10.5 Å². The SMILES string of the molecule is Cn1ccnc1C(=O)c1ccc(NCCNC(=O)c2ccc(C(F)(F)F)cc2)c([N+](=O)[O-])c1. The van der Waals surface area contributed by atoms with Crippen molar-refractivity contribution in [2.75, 3.05) is 18.4 Å². The number of nitro benzene ring substituents is 1. The van der Waals surface area contributed by atoms with Crippen LogP contribution in [0.3, 0.4) is 0 Å². The Morgan fingerprint density at radius 3 is 2.33 bits per heavy atom. The molecule has 0 unspecified atom stereocenters. The van der Waals surface area contributed by atoms with E-state index < -0.39 is 28.4 Å². The predicted molar refractivity (Wildman–Crippen MR) is 112 cm³/mol. The van der Waals surface area contributed by atoms with Gasteiger partial charge in [0, 0.05) is 49.7 Å². The summed E-state index contributed by atoms with van der Waals surface area (Å²) in [7, 11) is 1.63. The Hall–Kier alpha value is -4.22. The number of carbonyl (C=O) groups excluding carboxylic acids is 2. The minimum Gasteiger partial charge on any atom is -0.378 e. The first-order chi connectivity index (χ1) is 15.6. The lowest BCUT2D eigenvalue weighted by Crippen LogP contribution is -2.29. The van der Waals surface area contributed by atoms with Crippen molar-refractivity contribution in [2.45, 2.75) is 6.18 Å². The first kappa shape index (κ1) is 23.4. The van der Waals surface area contributed by atoms with Gasteiger partial charge in [0.25, 0.3) is 11.6 Å². The van der Waals surface area contributed by atoms with Crippen molar-refractivity contribution in [1.82, 2.24) is 14.9 Å². The molecule has 1 heterocycles. The number of hydrogen-bond donors (Lipinski definition) is 2. The fraction of sp³-hybridized carbons (Fsp3) is 0.190. The average molecular weight is 461 g/mol. The standard InChI is InChI=1S/C21H18F3N5O4/c1-28-11-10-26-19(28)18(30)14-4-7-16(17(12-14)29(32)33)25-8-9-27-20(31)13-2-5-15(6-3-13)21(22,23)24/h2-7,10-12,25H,8-9H2,1H3,(H,27,31). The lowest BCUT2D eigenvalue weighted by Gasteiger charge is -2.10. The Labute approximate surface area is 185 Å². The third-order valence-corrected chi connectivity index (χ3v) is 4.68. The summed E-state index contributed by atoms with van der Waals surface area (Å²) in [6.45, 7) is 0.144. The van der Waals surface area contributed by atoms with Gasteiger partial charge in [-0.1, -0.05) is 0 Å². The van der Waals surface area contributed by atoms with Gasteiger partial charge < -0.3 is 15.2 Å². The van der Waals surface area contributed by atoms with E-state index >= 15 is 0 Å². The number of nitrogens with one attached hydrogen (secondary N) is 2. The molecular weight excluding hydrogens is 443 g/mol. The highest BCUT2D eigenvalue weighted by Gasteiger charge is 2.30. The van der Waals surface area contributed by atoms with Crippen molar-refractivity contribution < 1.29 is 27.7 Å². The molecule has 12 heteroatoms. The molecule has 0 spiro atoms. The number of hydrogen-bond acceptors (Lipinski definition) is 6. The number of rotatable bonds is 8. The summed E-state index contributed by atoms with van der Waals surface area (Å²) in [5.74, 6) is -0.923. The molecule has 3 rings (SSSR count). The van der Waals surface area contributed by atoms with Crippen LogP contribution >= 0.6 is 0 Å². The van der Waals surface area contributed by atoms with E-state index in [1.54, 1.807) is 13.2 Å². The first-order valence-corrected chi connectivity index (χ1v) is 9.57. The van der Waals surface area contributed by atoms with Gasteiger partial charge >= 0.3 is 6.18 Å². The third-order valence-electron chi connectivity index (χ3n) is 4.68. The number of benzene rings is 2. The molecule has 9 nitrogen and oxygen atoms in total. The number of halogens is 3. The molecule has 172 valence electrons. The molecule has 0 aliphatic heterocycles. The van der Waals surface area contributed by atoms with Crippen molar-refractivity contribution in [2.24, 2.45) is 7.05 Å². The summed E-state index contributed by atoms with van der Waals surface area (Å²) in [4.78, 5) is 39.4. The zero-order chi connectivity index (χ0) is 24.2. The predicted octanol–water partition coefficient (Wildman–Crippen LogP) is 3.42. The maximum atomic E-state index is 12.6. The van der Waals surface area contributed by atoms with E-state index in [0.29, 0.717) is 0 Å². The highest BCUT2D eigenvalue weighted by Crippen LogP contribution is 2.29. The number of aryl methyl sites for hydroxylation is 1. The number of amides is 1. The Bertz CT molecular complexity index is 1190. The molecule has 0 atom stereocenters. The van der Waals surface area contributed by atoms with Crippen LogP contribution in [0.4, 0.5) is 24.5 Å². The second-order valence-electron chi connectivity index (χ2n) is 6.94. The van der Waals surface area contributed by atoms with Crippen molar-refractivity contribution in [3.8, 4) is 0 Å². The zero-order valence-electron chi connectivity index (χ0n) is 17.2. The second kappa shape index (κ2) is 9.51.